The van der Waals surface area contributed by atoms with Crippen LogP contribution in [0.25, 0.3) is 0 Å². The summed E-state index contributed by atoms with van der Waals surface area (Å²) in [4.78, 5) is 2.61. The van der Waals surface area contributed by atoms with E-state index in [1.165, 1.54) is 43.6 Å². The fourth-order valence-corrected chi connectivity index (χ4v) is 3.88. The van der Waals surface area contributed by atoms with E-state index in [0.29, 0.717) is 11.8 Å². The van der Waals surface area contributed by atoms with Gasteiger partial charge in [0, 0.05) is 6.54 Å². The van der Waals surface area contributed by atoms with Gasteiger partial charge >= 0.3 is 0 Å². The van der Waals surface area contributed by atoms with Gasteiger partial charge in [0.2, 0.25) is 0 Å². The zero-order chi connectivity index (χ0) is 16.8. The maximum Gasteiger partial charge on any atom is 0.122 e. The van der Waals surface area contributed by atoms with Gasteiger partial charge in [0.05, 0.1) is 6.61 Å². The molecule has 2 N–H and O–H groups in total. The number of nitrogens with two attached hydrogens (primary N) is 1. The fourth-order valence-electron chi connectivity index (χ4n) is 3.88. The quantitative estimate of drug-likeness (QED) is 0.831. The topological polar surface area (TPSA) is 38.5 Å². The van der Waals surface area contributed by atoms with Gasteiger partial charge in [-0.15, -0.1) is 0 Å². The van der Waals surface area contributed by atoms with E-state index in [2.05, 4.69) is 43.9 Å². The second-order valence-corrected chi connectivity index (χ2v) is 7.33. The highest BCUT2D eigenvalue weighted by atomic mass is 16.5. The van der Waals surface area contributed by atoms with Crippen LogP contribution in [-0.4, -0.2) is 37.7 Å². The Hall–Kier alpha value is -1.06. The number of aryl methyl sites for hydroxylation is 1. The predicted octanol–water partition coefficient (Wildman–Crippen LogP) is 3.80. The van der Waals surface area contributed by atoms with E-state index in [1.54, 1.807) is 0 Å². The minimum Gasteiger partial charge on any atom is -0.494 e. The van der Waals surface area contributed by atoms with Crippen molar-refractivity contribution in [2.45, 2.75) is 46.5 Å². The van der Waals surface area contributed by atoms with E-state index in [-0.39, 0.29) is 0 Å². The molecule has 1 aliphatic heterocycles. The summed E-state index contributed by atoms with van der Waals surface area (Å²) in [6.07, 6.45) is 2.53. The molecule has 130 valence electrons. The summed E-state index contributed by atoms with van der Waals surface area (Å²) in [6.45, 7) is 13.9. The van der Waals surface area contributed by atoms with Crippen molar-refractivity contribution in [3.63, 3.8) is 0 Å². The van der Waals surface area contributed by atoms with E-state index in [4.69, 9.17) is 10.5 Å². The summed E-state index contributed by atoms with van der Waals surface area (Å²) in [6, 6.07) is 6.61. The Bertz CT molecular complexity index is 479. The van der Waals surface area contributed by atoms with Crippen LogP contribution < -0.4 is 10.5 Å². The van der Waals surface area contributed by atoms with Gasteiger partial charge in [-0.3, -0.25) is 0 Å². The van der Waals surface area contributed by atoms with Crippen molar-refractivity contribution in [2.75, 3.05) is 32.8 Å². The summed E-state index contributed by atoms with van der Waals surface area (Å²) in [7, 11) is 0. The van der Waals surface area contributed by atoms with Gasteiger partial charge < -0.3 is 15.4 Å². The maximum absolute atomic E-state index is 6.15. The third-order valence-corrected chi connectivity index (χ3v) is 5.01. The lowest BCUT2D eigenvalue weighted by atomic mass is 9.79. The Morgan fingerprint density at radius 2 is 1.96 bits per heavy atom. The summed E-state index contributed by atoms with van der Waals surface area (Å²) >= 11 is 0. The number of hydrogen-bond acceptors (Lipinski definition) is 3. The predicted molar refractivity (Wildman–Crippen MR) is 98.1 cm³/mol. The molecule has 0 radical (unpaired) electrons. The Balaban J connectivity index is 2.01. The standard InChI is InChI=1S/C20H34N2O/c1-5-23-20-7-6-18(12-16(20)4)19(13-21)17-8-10-22(11-9-17)14-15(2)3/h6-7,12,15,17,19H,5,8-11,13-14,21H2,1-4H3. The molecule has 0 amide bonds. The number of benzene rings is 1. The highest BCUT2D eigenvalue weighted by molar-refractivity contribution is 5.38. The lowest BCUT2D eigenvalue weighted by molar-refractivity contribution is 0.155. The summed E-state index contributed by atoms with van der Waals surface area (Å²) in [5.74, 6) is 2.94. The molecule has 1 fully saturated rings. The number of piperidine rings is 1. The largest absolute Gasteiger partial charge is 0.494 e. The Morgan fingerprint density at radius 3 is 2.48 bits per heavy atom. The molecule has 0 bridgehead atoms. The third kappa shape index (κ3) is 4.95. The van der Waals surface area contributed by atoms with Crippen LogP contribution in [0.15, 0.2) is 18.2 Å². The van der Waals surface area contributed by atoms with Crippen molar-refractivity contribution in [3.8, 4) is 5.75 Å². The summed E-state index contributed by atoms with van der Waals surface area (Å²) < 4.78 is 5.66. The molecule has 3 heteroatoms. The van der Waals surface area contributed by atoms with Gasteiger partial charge in [0.15, 0.2) is 0 Å². The molecule has 1 aromatic rings. The molecule has 0 saturated carbocycles. The highest BCUT2D eigenvalue weighted by Crippen LogP contribution is 2.34. The van der Waals surface area contributed by atoms with Crippen molar-refractivity contribution in [2.24, 2.45) is 17.6 Å². The van der Waals surface area contributed by atoms with Crippen molar-refractivity contribution < 1.29 is 4.74 Å². The monoisotopic (exact) mass is 318 g/mol. The number of rotatable bonds is 7. The Morgan fingerprint density at radius 1 is 1.26 bits per heavy atom. The fraction of sp³-hybridized carbons (Fsp3) is 0.700. The second-order valence-electron chi connectivity index (χ2n) is 7.33. The van der Waals surface area contributed by atoms with Crippen molar-refractivity contribution >= 4 is 0 Å². The molecule has 1 heterocycles. The summed E-state index contributed by atoms with van der Waals surface area (Å²) in [5, 5.41) is 0. The second kappa shape index (κ2) is 8.70. The van der Waals surface area contributed by atoms with E-state index < -0.39 is 0 Å². The average Bonchev–Trinajstić information content (AvgIpc) is 2.52. The van der Waals surface area contributed by atoms with Crippen LogP contribution in [0.4, 0.5) is 0 Å². The van der Waals surface area contributed by atoms with Gasteiger partial charge in [0.1, 0.15) is 5.75 Å². The van der Waals surface area contributed by atoms with Crippen LogP contribution in [0.3, 0.4) is 0 Å². The van der Waals surface area contributed by atoms with Gasteiger partial charge in [0.25, 0.3) is 0 Å². The molecule has 23 heavy (non-hydrogen) atoms. The Labute approximate surface area is 142 Å². The van der Waals surface area contributed by atoms with Gasteiger partial charge in [-0.25, -0.2) is 0 Å². The number of likely N-dealkylation sites (tertiary alicyclic amines) is 1. The van der Waals surface area contributed by atoms with E-state index >= 15 is 0 Å². The van der Waals surface area contributed by atoms with Crippen LogP contribution in [-0.2, 0) is 0 Å². The first-order chi connectivity index (χ1) is 11.0. The molecule has 0 aromatic heterocycles. The summed E-state index contributed by atoms with van der Waals surface area (Å²) in [5.41, 5.74) is 8.76. The van der Waals surface area contributed by atoms with Crippen LogP contribution in [0.2, 0.25) is 0 Å². The molecular weight excluding hydrogens is 284 g/mol. The first-order valence-corrected chi connectivity index (χ1v) is 9.20. The number of hydrogen-bond donors (Lipinski definition) is 1. The van der Waals surface area contributed by atoms with Gasteiger partial charge in [-0.1, -0.05) is 26.0 Å². The molecule has 3 nitrogen and oxygen atoms in total. The molecule has 1 unspecified atom stereocenters. The number of ether oxygens (including phenoxy) is 1. The van der Waals surface area contributed by atoms with E-state index in [1.807, 2.05) is 6.92 Å². The maximum atomic E-state index is 6.15. The number of nitrogens with zero attached hydrogens (tertiary/aromatic N) is 1. The Kier molecular flexibility index (Phi) is 6.91. The van der Waals surface area contributed by atoms with E-state index in [0.717, 1.165) is 24.8 Å². The highest BCUT2D eigenvalue weighted by Gasteiger charge is 2.27. The third-order valence-electron chi connectivity index (χ3n) is 5.01. The van der Waals surface area contributed by atoms with Crippen molar-refractivity contribution in [1.82, 2.24) is 4.90 Å². The van der Waals surface area contributed by atoms with E-state index in [9.17, 15) is 0 Å². The smallest absolute Gasteiger partial charge is 0.122 e. The molecule has 0 aliphatic carbocycles. The molecule has 0 spiro atoms. The lowest BCUT2D eigenvalue weighted by Gasteiger charge is -2.36. The molecule has 2 rings (SSSR count). The molecule has 1 atom stereocenters. The van der Waals surface area contributed by atoms with Crippen LogP contribution in [0.5, 0.6) is 5.75 Å². The van der Waals surface area contributed by atoms with Crippen molar-refractivity contribution in [3.05, 3.63) is 29.3 Å². The zero-order valence-electron chi connectivity index (χ0n) is 15.3. The van der Waals surface area contributed by atoms with Crippen LogP contribution >= 0.6 is 0 Å². The SMILES string of the molecule is CCOc1ccc(C(CN)C2CCN(CC(C)C)CC2)cc1C. The van der Waals surface area contributed by atoms with Gasteiger partial charge in [-0.05, 0) is 81.3 Å². The first-order valence-electron chi connectivity index (χ1n) is 9.20. The minimum absolute atomic E-state index is 0.477. The zero-order valence-corrected chi connectivity index (χ0v) is 15.3. The van der Waals surface area contributed by atoms with Crippen molar-refractivity contribution in [1.29, 1.82) is 0 Å². The molecule has 1 aliphatic rings. The average molecular weight is 319 g/mol. The first kappa shape index (κ1) is 18.3. The molecule has 1 aromatic carbocycles. The minimum atomic E-state index is 0.477. The molecular formula is C20H34N2O. The molecule has 1 saturated heterocycles. The van der Waals surface area contributed by atoms with Crippen LogP contribution in [0, 0.1) is 18.8 Å². The normalized spacial score (nSPS) is 18.3. The van der Waals surface area contributed by atoms with Gasteiger partial charge in [-0.2, -0.15) is 0 Å². The van der Waals surface area contributed by atoms with Crippen LogP contribution in [0.1, 0.15) is 50.7 Å². The lowest BCUT2D eigenvalue weighted by Crippen LogP contribution is -2.38.